The van der Waals surface area contributed by atoms with E-state index in [-0.39, 0.29) is 17.6 Å². The lowest BCUT2D eigenvalue weighted by Gasteiger charge is -2.30. The Bertz CT molecular complexity index is 525. The van der Waals surface area contributed by atoms with E-state index < -0.39 is 5.97 Å². The van der Waals surface area contributed by atoms with Crippen molar-refractivity contribution in [1.82, 2.24) is 9.80 Å². The molecule has 0 saturated carbocycles. The highest BCUT2D eigenvalue weighted by Crippen LogP contribution is 2.17. The van der Waals surface area contributed by atoms with Crippen LogP contribution >= 0.6 is 0 Å². The molecule has 2 rings (SSSR count). The van der Waals surface area contributed by atoms with Gasteiger partial charge in [0.15, 0.2) is 0 Å². The van der Waals surface area contributed by atoms with Crippen molar-refractivity contribution < 1.29 is 19.1 Å². The monoisotopic (exact) mass is 308 g/mol. The molecule has 0 radical (unpaired) electrons. The van der Waals surface area contributed by atoms with Crippen LogP contribution in [0.15, 0.2) is 24.3 Å². The number of likely N-dealkylation sites (N-methyl/N-ethyl adjacent to an activating group) is 1. The van der Waals surface area contributed by atoms with E-state index in [0.29, 0.717) is 39.0 Å². The lowest BCUT2D eigenvalue weighted by molar-refractivity contribution is -0.143. The maximum Gasteiger partial charge on any atom is 0.306 e. The third-order valence-corrected chi connectivity index (χ3v) is 4.05. The topological polar surface area (TPSA) is 60.9 Å². The summed E-state index contributed by atoms with van der Waals surface area (Å²) in [7, 11) is 1.72. The summed E-state index contributed by atoms with van der Waals surface area (Å²) < 4.78 is 12.9. The van der Waals surface area contributed by atoms with Crippen molar-refractivity contribution in [3.8, 4) is 0 Å². The second-order valence-corrected chi connectivity index (χ2v) is 5.76. The molecule has 120 valence electrons. The number of aliphatic carboxylic acids is 1. The van der Waals surface area contributed by atoms with Gasteiger partial charge < -0.3 is 10.0 Å². The molecular formula is C16H21FN2O3. The van der Waals surface area contributed by atoms with E-state index >= 15 is 0 Å². The highest BCUT2D eigenvalue weighted by atomic mass is 19.1. The fraction of sp³-hybridized carbons (Fsp3) is 0.500. The second kappa shape index (κ2) is 7.35. The number of halogens is 1. The van der Waals surface area contributed by atoms with Crippen LogP contribution in [0.3, 0.4) is 0 Å². The third kappa shape index (κ3) is 4.53. The first-order valence-electron chi connectivity index (χ1n) is 7.39. The number of piperidine rings is 1. The fourth-order valence-electron chi connectivity index (χ4n) is 2.60. The minimum atomic E-state index is -0.751. The maximum absolute atomic E-state index is 12.9. The first kappa shape index (κ1) is 16.4. The molecule has 0 unspecified atom stereocenters. The van der Waals surface area contributed by atoms with E-state index in [1.54, 1.807) is 24.1 Å². The highest BCUT2D eigenvalue weighted by molar-refractivity contribution is 5.78. The number of benzene rings is 1. The van der Waals surface area contributed by atoms with Crippen LogP contribution in [-0.4, -0.2) is 53.5 Å². The van der Waals surface area contributed by atoms with Crippen LogP contribution in [0.4, 0.5) is 4.39 Å². The van der Waals surface area contributed by atoms with Crippen LogP contribution in [0.5, 0.6) is 0 Å². The van der Waals surface area contributed by atoms with E-state index in [0.717, 1.165) is 5.56 Å². The number of hydrogen-bond donors (Lipinski definition) is 1. The molecule has 1 heterocycles. The SMILES string of the molecule is CN(Cc1ccc(F)cc1)C(=O)CN1CCC(C(=O)O)CC1. The van der Waals surface area contributed by atoms with Gasteiger partial charge >= 0.3 is 5.97 Å². The summed E-state index contributed by atoms with van der Waals surface area (Å²) in [5.74, 6) is -1.35. The molecule has 0 atom stereocenters. The molecule has 0 spiro atoms. The molecule has 1 aromatic rings. The Morgan fingerprint density at radius 1 is 1.27 bits per heavy atom. The van der Waals surface area contributed by atoms with Crippen LogP contribution < -0.4 is 0 Å². The van der Waals surface area contributed by atoms with Crippen LogP contribution in [0.25, 0.3) is 0 Å². The smallest absolute Gasteiger partial charge is 0.306 e. The molecule has 0 aliphatic carbocycles. The molecule has 1 saturated heterocycles. The lowest BCUT2D eigenvalue weighted by Crippen LogP contribution is -2.43. The zero-order chi connectivity index (χ0) is 16.1. The molecule has 5 nitrogen and oxygen atoms in total. The summed E-state index contributed by atoms with van der Waals surface area (Å²) in [6.07, 6.45) is 1.18. The predicted molar refractivity (Wildman–Crippen MR) is 79.7 cm³/mol. The van der Waals surface area contributed by atoms with Crippen LogP contribution in [0.2, 0.25) is 0 Å². The van der Waals surface area contributed by atoms with Crippen molar-refractivity contribution in [3.63, 3.8) is 0 Å². The Morgan fingerprint density at radius 3 is 2.41 bits per heavy atom. The number of carboxylic acids is 1. The number of carbonyl (C=O) groups excluding carboxylic acids is 1. The van der Waals surface area contributed by atoms with Crippen LogP contribution in [0, 0.1) is 11.7 Å². The van der Waals surface area contributed by atoms with E-state index in [4.69, 9.17) is 5.11 Å². The summed E-state index contributed by atoms with van der Waals surface area (Å²) in [4.78, 5) is 26.7. The Kier molecular flexibility index (Phi) is 5.49. The zero-order valence-electron chi connectivity index (χ0n) is 12.7. The largest absolute Gasteiger partial charge is 0.481 e. The summed E-state index contributed by atoms with van der Waals surface area (Å²) in [6.45, 7) is 1.99. The molecule has 1 aromatic carbocycles. The van der Waals surface area contributed by atoms with Gasteiger partial charge in [0.05, 0.1) is 12.5 Å². The number of likely N-dealkylation sites (tertiary alicyclic amines) is 1. The van der Waals surface area contributed by atoms with E-state index in [2.05, 4.69) is 0 Å². The zero-order valence-corrected chi connectivity index (χ0v) is 12.7. The number of hydrogen-bond acceptors (Lipinski definition) is 3. The van der Waals surface area contributed by atoms with Crippen molar-refractivity contribution in [2.24, 2.45) is 5.92 Å². The van der Waals surface area contributed by atoms with Crippen molar-refractivity contribution in [1.29, 1.82) is 0 Å². The van der Waals surface area contributed by atoms with Gasteiger partial charge in [-0.15, -0.1) is 0 Å². The van der Waals surface area contributed by atoms with E-state index in [9.17, 15) is 14.0 Å². The summed E-state index contributed by atoms with van der Waals surface area (Å²) in [5, 5.41) is 8.96. The standard InChI is InChI=1S/C16H21FN2O3/c1-18(10-12-2-4-14(17)5-3-12)15(20)11-19-8-6-13(7-9-19)16(21)22/h2-5,13H,6-11H2,1H3,(H,21,22). The van der Waals surface area contributed by atoms with Gasteiger partial charge in [-0.1, -0.05) is 12.1 Å². The molecular weight excluding hydrogens is 287 g/mol. The summed E-state index contributed by atoms with van der Waals surface area (Å²) >= 11 is 0. The molecule has 1 N–H and O–H groups in total. The van der Waals surface area contributed by atoms with Crippen LogP contribution in [0.1, 0.15) is 18.4 Å². The molecule has 1 aliphatic heterocycles. The number of nitrogens with zero attached hydrogens (tertiary/aromatic N) is 2. The third-order valence-electron chi connectivity index (χ3n) is 4.05. The van der Waals surface area contributed by atoms with Crippen molar-refractivity contribution in [2.75, 3.05) is 26.7 Å². The predicted octanol–water partition coefficient (Wildman–Crippen LogP) is 1.58. The Balaban J connectivity index is 1.79. The molecule has 0 bridgehead atoms. The van der Waals surface area contributed by atoms with Crippen molar-refractivity contribution in [2.45, 2.75) is 19.4 Å². The Labute approximate surface area is 129 Å². The molecule has 6 heteroatoms. The van der Waals surface area contributed by atoms with Crippen LogP contribution in [-0.2, 0) is 16.1 Å². The minimum absolute atomic E-state index is 0.0156. The second-order valence-electron chi connectivity index (χ2n) is 5.76. The first-order chi connectivity index (χ1) is 10.5. The van der Waals surface area contributed by atoms with Gasteiger partial charge in [0.1, 0.15) is 5.82 Å². The van der Waals surface area contributed by atoms with Gasteiger partial charge in [-0.25, -0.2) is 4.39 Å². The fourth-order valence-corrected chi connectivity index (χ4v) is 2.60. The number of rotatable bonds is 5. The van der Waals surface area contributed by atoms with E-state index in [1.165, 1.54) is 12.1 Å². The summed E-state index contributed by atoms with van der Waals surface area (Å²) in [6, 6.07) is 6.09. The molecule has 1 fully saturated rings. The average molecular weight is 308 g/mol. The number of carboxylic acid groups (broad SMARTS) is 1. The number of carbonyl (C=O) groups is 2. The van der Waals surface area contributed by atoms with Crippen molar-refractivity contribution >= 4 is 11.9 Å². The Hall–Kier alpha value is -1.95. The number of amides is 1. The molecule has 22 heavy (non-hydrogen) atoms. The lowest BCUT2D eigenvalue weighted by atomic mass is 9.97. The van der Waals surface area contributed by atoms with Gasteiger partial charge in [-0.3, -0.25) is 14.5 Å². The van der Waals surface area contributed by atoms with Gasteiger partial charge in [0.25, 0.3) is 0 Å². The average Bonchev–Trinajstić information content (AvgIpc) is 2.50. The highest BCUT2D eigenvalue weighted by Gasteiger charge is 2.26. The normalized spacial score (nSPS) is 16.5. The molecule has 0 aromatic heterocycles. The van der Waals surface area contributed by atoms with Gasteiger partial charge in [-0.2, -0.15) is 0 Å². The first-order valence-corrected chi connectivity index (χ1v) is 7.39. The molecule has 1 aliphatic rings. The van der Waals surface area contributed by atoms with E-state index in [1.807, 2.05) is 4.90 Å². The Morgan fingerprint density at radius 2 is 1.86 bits per heavy atom. The molecule has 1 amide bonds. The quantitative estimate of drug-likeness (QED) is 0.897. The maximum atomic E-state index is 12.9. The van der Waals surface area contributed by atoms with Gasteiger partial charge in [0, 0.05) is 13.6 Å². The van der Waals surface area contributed by atoms with Gasteiger partial charge in [0.2, 0.25) is 5.91 Å². The minimum Gasteiger partial charge on any atom is -0.481 e. The van der Waals surface area contributed by atoms with Crippen molar-refractivity contribution in [3.05, 3.63) is 35.6 Å². The summed E-state index contributed by atoms with van der Waals surface area (Å²) in [5.41, 5.74) is 0.877. The van der Waals surface area contributed by atoms with Gasteiger partial charge in [-0.05, 0) is 43.6 Å².